The molecule has 0 aliphatic carbocycles. The van der Waals surface area contributed by atoms with Gasteiger partial charge in [-0.1, -0.05) is 24.3 Å². The van der Waals surface area contributed by atoms with Gasteiger partial charge in [0, 0.05) is 6.54 Å². The van der Waals surface area contributed by atoms with Crippen molar-refractivity contribution in [1.82, 2.24) is 4.90 Å². The molecule has 1 fully saturated rings. The lowest BCUT2D eigenvalue weighted by atomic mass is 10.1. The third-order valence-corrected chi connectivity index (χ3v) is 3.70. The molecule has 0 radical (unpaired) electrons. The maximum atomic E-state index is 12.0. The van der Waals surface area contributed by atoms with Crippen LogP contribution in [0.1, 0.15) is 17.5 Å². The molecule has 4 nitrogen and oxygen atoms in total. The van der Waals surface area contributed by atoms with Gasteiger partial charge in [0.25, 0.3) is 11.1 Å². The average molecular weight is 272 g/mol. The Bertz CT molecular complexity index is 602. The van der Waals surface area contributed by atoms with Gasteiger partial charge >= 0.3 is 0 Å². The van der Waals surface area contributed by atoms with Crippen LogP contribution in [-0.4, -0.2) is 22.6 Å². The van der Waals surface area contributed by atoms with Crippen LogP contribution in [0.25, 0.3) is 6.08 Å². The summed E-state index contributed by atoms with van der Waals surface area (Å²) in [7, 11) is 0. The number of nitrogens with zero attached hydrogens (tertiary/aromatic N) is 2. The van der Waals surface area contributed by atoms with Gasteiger partial charge in [-0.15, -0.1) is 0 Å². The molecular formula is C14H12N2O2S. The Hall–Kier alpha value is -2.06. The third kappa shape index (κ3) is 2.85. The Morgan fingerprint density at radius 1 is 1.37 bits per heavy atom. The van der Waals surface area contributed by atoms with Crippen LogP contribution in [0.5, 0.6) is 0 Å². The van der Waals surface area contributed by atoms with Crippen molar-refractivity contribution in [1.29, 1.82) is 5.26 Å². The number of nitriles is 1. The summed E-state index contributed by atoms with van der Waals surface area (Å²) >= 11 is 0.925. The van der Waals surface area contributed by atoms with E-state index in [0.717, 1.165) is 27.8 Å². The minimum Gasteiger partial charge on any atom is -0.268 e. The molecule has 1 heterocycles. The van der Waals surface area contributed by atoms with Crippen molar-refractivity contribution in [2.24, 2.45) is 0 Å². The van der Waals surface area contributed by atoms with E-state index in [4.69, 9.17) is 5.26 Å². The van der Waals surface area contributed by atoms with Crippen molar-refractivity contribution in [2.45, 2.75) is 13.3 Å². The van der Waals surface area contributed by atoms with E-state index in [1.165, 1.54) is 0 Å². The van der Waals surface area contributed by atoms with Gasteiger partial charge < -0.3 is 0 Å². The van der Waals surface area contributed by atoms with Gasteiger partial charge in [-0.05, 0) is 35.9 Å². The first-order valence-corrected chi connectivity index (χ1v) is 6.63. The van der Waals surface area contributed by atoms with Crippen LogP contribution >= 0.6 is 11.8 Å². The molecule has 96 valence electrons. The van der Waals surface area contributed by atoms with E-state index in [1.54, 1.807) is 6.08 Å². The Balaban J connectivity index is 2.24. The zero-order valence-corrected chi connectivity index (χ0v) is 11.2. The van der Waals surface area contributed by atoms with Gasteiger partial charge in [-0.3, -0.25) is 14.5 Å². The first-order valence-electron chi connectivity index (χ1n) is 5.81. The molecule has 1 aliphatic rings. The van der Waals surface area contributed by atoms with Crippen molar-refractivity contribution < 1.29 is 9.59 Å². The molecule has 2 amide bonds. The topological polar surface area (TPSA) is 61.2 Å². The lowest BCUT2D eigenvalue weighted by Crippen LogP contribution is -2.28. The van der Waals surface area contributed by atoms with E-state index in [1.807, 2.05) is 37.3 Å². The summed E-state index contributed by atoms with van der Waals surface area (Å²) < 4.78 is 0. The first-order chi connectivity index (χ1) is 9.13. The Morgan fingerprint density at radius 2 is 2.11 bits per heavy atom. The van der Waals surface area contributed by atoms with Crippen molar-refractivity contribution in [3.05, 3.63) is 40.3 Å². The zero-order chi connectivity index (χ0) is 13.8. The maximum Gasteiger partial charge on any atom is 0.293 e. The molecule has 1 aromatic rings. The maximum absolute atomic E-state index is 12.0. The monoisotopic (exact) mass is 272 g/mol. The average Bonchev–Trinajstić information content (AvgIpc) is 2.65. The second-order valence-electron chi connectivity index (χ2n) is 4.10. The summed E-state index contributed by atoms with van der Waals surface area (Å²) in [6, 6.07) is 9.60. The van der Waals surface area contributed by atoms with Crippen molar-refractivity contribution in [3.8, 4) is 6.07 Å². The molecule has 1 saturated heterocycles. The number of imide groups is 1. The van der Waals surface area contributed by atoms with Gasteiger partial charge in [-0.25, -0.2) is 0 Å². The minimum atomic E-state index is -0.312. The fourth-order valence-corrected chi connectivity index (χ4v) is 2.60. The number of carbonyl (C=O) groups is 2. The van der Waals surface area contributed by atoms with Crippen LogP contribution in [0.3, 0.4) is 0 Å². The number of aryl methyl sites for hydroxylation is 1. The molecule has 0 spiro atoms. The Kier molecular flexibility index (Phi) is 4.03. The molecule has 2 rings (SSSR count). The fraction of sp³-hybridized carbons (Fsp3) is 0.214. The molecule has 1 aromatic carbocycles. The molecule has 0 unspecified atom stereocenters. The SMILES string of the molecule is Cc1ccccc1/C=C1\SC(=O)N(CCC#N)C1=O. The predicted octanol–water partition coefficient (Wildman–Crippen LogP) is 2.95. The highest BCUT2D eigenvalue weighted by atomic mass is 32.2. The zero-order valence-electron chi connectivity index (χ0n) is 10.4. The van der Waals surface area contributed by atoms with Gasteiger partial charge in [0.05, 0.1) is 17.4 Å². The number of benzene rings is 1. The van der Waals surface area contributed by atoms with Gasteiger partial charge in [0.2, 0.25) is 0 Å². The largest absolute Gasteiger partial charge is 0.293 e. The van der Waals surface area contributed by atoms with Gasteiger partial charge in [0.15, 0.2) is 0 Å². The quantitative estimate of drug-likeness (QED) is 0.794. The lowest BCUT2D eigenvalue weighted by Gasteiger charge is -2.08. The highest BCUT2D eigenvalue weighted by Gasteiger charge is 2.34. The van der Waals surface area contributed by atoms with E-state index in [9.17, 15) is 9.59 Å². The smallest absolute Gasteiger partial charge is 0.268 e. The molecular weight excluding hydrogens is 260 g/mol. The highest BCUT2D eigenvalue weighted by Crippen LogP contribution is 2.32. The third-order valence-electron chi connectivity index (χ3n) is 2.80. The second-order valence-corrected chi connectivity index (χ2v) is 5.09. The Morgan fingerprint density at radius 3 is 2.79 bits per heavy atom. The van der Waals surface area contributed by atoms with Crippen LogP contribution < -0.4 is 0 Å². The van der Waals surface area contributed by atoms with Gasteiger partial charge in [0.1, 0.15) is 0 Å². The normalized spacial score (nSPS) is 17.1. The molecule has 0 bridgehead atoms. The van der Waals surface area contributed by atoms with Crippen molar-refractivity contribution >= 4 is 29.0 Å². The molecule has 5 heteroatoms. The fourth-order valence-electron chi connectivity index (χ4n) is 1.74. The minimum absolute atomic E-state index is 0.159. The van der Waals surface area contributed by atoms with Crippen LogP contribution in [0.15, 0.2) is 29.2 Å². The predicted molar refractivity (Wildman–Crippen MR) is 74.1 cm³/mol. The number of rotatable bonds is 3. The number of carbonyl (C=O) groups excluding carboxylic acids is 2. The summed E-state index contributed by atoms with van der Waals surface area (Å²) in [6.45, 7) is 2.11. The van der Waals surface area contributed by atoms with E-state index in [-0.39, 0.29) is 24.1 Å². The lowest BCUT2D eigenvalue weighted by molar-refractivity contribution is -0.122. The van der Waals surface area contributed by atoms with Crippen molar-refractivity contribution in [3.63, 3.8) is 0 Å². The molecule has 1 aliphatic heterocycles. The molecule has 19 heavy (non-hydrogen) atoms. The number of hydrogen-bond donors (Lipinski definition) is 0. The summed E-state index contributed by atoms with van der Waals surface area (Å²) in [6.07, 6.45) is 1.89. The molecule has 0 N–H and O–H groups in total. The number of amides is 2. The standard InChI is InChI=1S/C14H12N2O2S/c1-10-5-2-3-6-11(10)9-12-13(17)16(8-4-7-15)14(18)19-12/h2-3,5-6,9H,4,8H2,1H3/b12-9-. The van der Waals surface area contributed by atoms with E-state index in [2.05, 4.69) is 0 Å². The van der Waals surface area contributed by atoms with E-state index < -0.39 is 0 Å². The number of hydrogen-bond acceptors (Lipinski definition) is 4. The highest BCUT2D eigenvalue weighted by molar-refractivity contribution is 8.18. The van der Waals surface area contributed by atoms with Crippen molar-refractivity contribution in [2.75, 3.05) is 6.54 Å². The van der Waals surface area contributed by atoms with Crippen LogP contribution in [0.4, 0.5) is 4.79 Å². The number of thioether (sulfide) groups is 1. The first kappa shape index (κ1) is 13.4. The van der Waals surface area contributed by atoms with Crippen LogP contribution in [0.2, 0.25) is 0 Å². The summed E-state index contributed by atoms with van der Waals surface area (Å²) in [4.78, 5) is 25.3. The summed E-state index contributed by atoms with van der Waals surface area (Å²) in [5, 5.41) is 8.21. The summed E-state index contributed by atoms with van der Waals surface area (Å²) in [5.74, 6) is -0.312. The van der Waals surface area contributed by atoms with E-state index >= 15 is 0 Å². The summed E-state index contributed by atoms with van der Waals surface area (Å²) in [5.41, 5.74) is 1.97. The van der Waals surface area contributed by atoms with Crippen LogP contribution in [0, 0.1) is 18.3 Å². The molecule has 0 aromatic heterocycles. The molecule has 0 atom stereocenters. The Labute approximate surface area is 115 Å². The molecule has 0 saturated carbocycles. The van der Waals surface area contributed by atoms with E-state index in [0.29, 0.717) is 4.91 Å². The van der Waals surface area contributed by atoms with Crippen LogP contribution in [-0.2, 0) is 4.79 Å². The van der Waals surface area contributed by atoms with Gasteiger partial charge in [-0.2, -0.15) is 5.26 Å². The second kappa shape index (κ2) is 5.72.